The van der Waals surface area contributed by atoms with Gasteiger partial charge in [0.1, 0.15) is 5.82 Å². The predicted molar refractivity (Wildman–Crippen MR) is 136 cm³/mol. The number of nitrogens with zero attached hydrogens (tertiary/aromatic N) is 5. The van der Waals surface area contributed by atoms with E-state index in [-0.39, 0.29) is 0 Å². The highest BCUT2D eigenvalue weighted by molar-refractivity contribution is 6.20. The highest BCUT2D eigenvalue weighted by Gasteiger charge is 2.20. The molecule has 5 heteroatoms. The molecule has 5 nitrogen and oxygen atoms in total. The van der Waals surface area contributed by atoms with Gasteiger partial charge >= 0.3 is 0 Å². The summed E-state index contributed by atoms with van der Waals surface area (Å²) in [5.41, 5.74) is 7.52. The van der Waals surface area contributed by atoms with Gasteiger partial charge in [-0.2, -0.15) is 0 Å². The number of para-hydroxylation sites is 2. The van der Waals surface area contributed by atoms with Crippen LogP contribution in [0.5, 0.6) is 0 Å². The molecule has 0 aliphatic carbocycles. The monoisotopic (exact) mass is 437 g/mol. The molecule has 7 rings (SSSR count). The Kier molecular flexibility index (Phi) is 4.08. The molecule has 160 valence electrons. The minimum Gasteiger partial charge on any atom is -0.309 e. The lowest BCUT2D eigenvalue weighted by Crippen LogP contribution is -1.97. The van der Waals surface area contributed by atoms with Crippen LogP contribution >= 0.6 is 0 Å². The fourth-order valence-electron chi connectivity index (χ4n) is 4.90. The molecule has 0 fully saturated rings. The Morgan fingerprint density at radius 3 is 1.94 bits per heavy atom. The van der Waals surface area contributed by atoms with Crippen molar-refractivity contribution >= 4 is 32.8 Å². The summed E-state index contributed by atoms with van der Waals surface area (Å²) in [5.74, 6) is 0.882. The van der Waals surface area contributed by atoms with Crippen molar-refractivity contribution in [3.8, 4) is 22.8 Å². The molecule has 0 aliphatic heterocycles. The lowest BCUT2D eigenvalue weighted by atomic mass is 10.1. The van der Waals surface area contributed by atoms with Crippen molar-refractivity contribution in [2.75, 3.05) is 0 Å². The molecule has 4 aromatic heterocycles. The predicted octanol–water partition coefficient (Wildman–Crippen LogP) is 6.58. The van der Waals surface area contributed by atoms with E-state index in [4.69, 9.17) is 4.98 Å². The van der Waals surface area contributed by atoms with Crippen LogP contribution in [0.1, 0.15) is 0 Å². The highest BCUT2D eigenvalue weighted by atomic mass is 15.1. The Morgan fingerprint density at radius 2 is 1.15 bits per heavy atom. The van der Waals surface area contributed by atoms with Crippen LogP contribution in [0.15, 0.2) is 116 Å². The van der Waals surface area contributed by atoms with Gasteiger partial charge in [-0.15, -0.1) is 0 Å². The van der Waals surface area contributed by atoms with Gasteiger partial charge in [-0.3, -0.25) is 14.5 Å². The Morgan fingerprint density at radius 1 is 0.500 bits per heavy atom. The molecule has 0 unspecified atom stereocenters. The number of rotatable bonds is 3. The molecule has 0 N–H and O–H groups in total. The SMILES string of the molecule is c1ccc(-n2c3ccccc3c3c4nc(-c5ccncc5)n(-c5ccncc5)c4ccc32)cc1. The van der Waals surface area contributed by atoms with Crippen LogP contribution in [0, 0.1) is 0 Å². The van der Waals surface area contributed by atoms with Crippen molar-refractivity contribution in [3.63, 3.8) is 0 Å². The maximum atomic E-state index is 5.25. The van der Waals surface area contributed by atoms with Gasteiger partial charge in [0.05, 0.1) is 27.8 Å². The summed E-state index contributed by atoms with van der Waals surface area (Å²) in [6, 6.07) is 31.5. The first-order chi connectivity index (χ1) is 16.9. The van der Waals surface area contributed by atoms with Crippen LogP contribution in [0.2, 0.25) is 0 Å². The summed E-state index contributed by atoms with van der Waals surface area (Å²) in [6.07, 6.45) is 7.25. The molecule has 7 aromatic rings. The van der Waals surface area contributed by atoms with Gasteiger partial charge in [0, 0.05) is 46.8 Å². The Bertz CT molecular complexity index is 1780. The number of aromatic nitrogens is 5. The van der Waals surface area contributed by atoms with Gasteiger partial charge in [0.15, 0.2) is 0 Å². The second-order valence-electron chi connectivity index (χ2n) is 8.23. The fraction of sp³-hybridized carbons (Fsp3) is 0. The quantitative estimate of drug-likeness (QED) is 0.314. The van der Waals surface area contributed by atoms with E-state index in [2.05, 4.69) is 79.8 Å². The lowest BCUT2D eigenvalue weighted by Gasteiger charge is -2.09. The van der Waals surface area contributed by atoms with E-state index in [0.717, 1.165) is 44.7 Å². The third-order valence-corrected chi connectivity index (χ3v) is 6.33. The summed E-state index contributed by atoms with van der Waals surface area (Å²) >= 11 is 0. The average molecular weight is 438 g/mol. The van der Waals surface area contributed by atoms with Crippen molar-refractivity contribution in [2.45, 2.75) is 0 Å². The van der Waals surface area contributed by atoms with Crippen LogP contribution < -0.4 is 0 Å². The maximum Gasteiger partial charge on any atom is 0.145 e. The largest absolute Gasteiger partial charge is 0.309 e. The number of benzene rings is 3. The zero-order valence-corrected chi connectivity index (χ0v) is 18.2. The summed E-state index contributed by atoms with van der Waals surface area (Å²) in [7, 11) is 0. The first-order valence-corrected chi connectivity index (χ1v) is 11.2. The smallest absolute Gasteiger partial charge is 0.145 e. The second-order valence-corrected chi connectivity index (χ2v) is 8.23. The van der Waals surface area contributed by atoms with Crippen molar-refractivity contribution in [1.82, 2.24) is 24.1 Å². The van der Waals surface area contributed by atoms with E-state index in [9.17, 15) is 0 Å². The number of hydrogen-bond donors (Lipinski definition) is 0. The lowest BCUT2D eigenvalue weighted by molar-refractivity contribution is 1.09. The van der Waals surface area contributed by atoms with Gasteiger partial charge < -0.3 is 4.57 Å². The van der Waals surface area contributed by atoms with Crippen LogP contribution in [0.3, 0.4) is 0 Å². The molecule has 0 bridgehead atoms. The summed E-state index contributed by atoms with van der Waals surface area (Å²) < 4.78 is 4.53. The second kappa shape index (κ2) is 7.39. The van der Waals surface area contributed by atoms with E-state index in [0.29, 0.717) is 0 Å². The molecule has 0 aliphatic rings. The van der Waals surface area contributed by atoms with E-state index >= 15 is 0 Å². The standard InChI is InChI=1S/C29H19N5/c1-2-6-21(7-3-1)33-24-9-5-4-8-23(24)27-25(33)10-11-26-28(27)32-29(20-12-16-30-17-13-20)34(26)22-14-18-31-19-15-22/h1-19H. The summed E-state index contributed by atoms with van der Waals surface area (Å²) in [4.78, 5) is 13.7. The topological polar surface area (TPSA) is 48.5 Å². The third-order valence-electron chi connectivity index (χ3n) is 6.33. The average Bonchev–Trinajstić information content (AvgIpc) is 3.46. The maximum absolute atomic E-state index is 5.25. The van der Waals surface area contributed by atoms with Crippen molar-refractivity contribution in [3.05, 3.63) is 116 Å². The molecular weight excluding hydrogens is 418 g/mol. The van der Waals surface area contributed by atoms with E-state index in [1.165, 1.54) is 10.9 Å². The minimum absolute atomic E-state index is 0.882. The Labute approximate surface area is 195 Å². The number of fused-ring (bicyclic) bond motifs is 5. The molecule has 4 heterocycles. The number of imidazole rings is 1. The number of pyridine rings is 2. The van der Waals surface area contributed by atoms with Gasteiger partial charge in [-0.05, 0) is 54.6 Å². The third kappa shape index (κ3) is 2.70. The molecule has 0 radical (unpaired) electrons. The zero-order chi connectivity index (χ0) is 22.5. The fourth-order valence-corrected chi connectivity index (χ4v) is 4.90. The van der Waals surface area contributed by atoms with Gasteiger partial charge in [0.2, 0.25) is 0 Å². The Balaban J connectivity index is 1.66. The molecule has 0 spiro atoms. The van der Waals surface area contributed by atoms with E-state index in [1.807, 2.05) is 55.1 Å². The minimum atomic E-state index is 0.882. The molecule has 3 aromatic carbocycles. The summed E-state index contributed by atoms with van der Waals surface area (Å²) in [5, 5.41) is 2.34. The molecule has 0 saturated carbocycles. The van der Waals surface area contributed by atoms with Gasteiger partial charge in [-0.25, -0.2) is 4.98 Å². The van der Waals surface area contributed by atoms with Gasteiger partial charge in [-0.1, -0.05) is 36.4 Å². The van der Waals surface area contributed by atoms with Crippen molar-refractivity contribution < 1.29 is 0 Å². The molecule has 0 saturated heterocycles. The first-order valence-electron chi connectivity index (χ1n) is 11.2. The van der Waals surface area contributed by atoms with Crippen molar-refractivity contribution in [2.24, 2.45) is 0 Å². The molecular formula is C29H19N5. The number of hydrogen-bond acceptors (Lipinski definition) is 3. The first kappa shape index (κ1) is 18.8. The molecule has 0 atom stereocenters. The van der Waals surface area contributed by atoms with Crippen LogP contribution in [0.25, 0.3) is 55.6 Å². The summed E-state index contributed by atoms with van der Waals surface area (Å²) in [6.45, 7) is 0. The van der Waals surface area contributed by atoms with E-state index < -0.39 is 0 Å². The Hall–Kier alpha value is -4.77. The van der Waals surface area contributed by atoms with Crippen LogP contribution in [-0.4, -0.2) is 24.1 Å². The van der Waals surface area contributed by atoms with Crippen LogP contribution in [0.4, 0.5) is 0 Å². The highest BCUT2D eigenvalue weighted by Crippen LogP contribution is 2.38. The van der Waals surface area contributed by atoms with Crippen molar-refractivity contribution in [1.29, 1.82) is 0 Å². The normalized spacial score (nSPS) is 11.5. The zero-order valence-electron chi connectivity index (χ0n) is 18.2. The van der Waals surface area contributed by atoms with E-state index in [1.54, 1.807) is 0 Å². The molecule has 0 amide bonds. The molecule has 34 heavy (non-hydrogen) atoms. The van der Waals surface area contributed by atoms with Gasteiger partial charge in [0.25, 0.3) is 0 Å². The van der Waals surface area contributed by atoms with Crippen LogP contribution in [-0.2, 0) is 0 Å².